The average molecular weight is 245 g/mol. The Morgan fingerprint density at radius 3 is 2.20 bits per heavy atom. The van der Waals surface area contributed by atoms with Crippen molar-refractivity contribution in [3.8, 4) is 0 Å². The van der Waals surface area contributed by atoms with Gasteiger partial charge in [0.2, 0.25) is 0 Å². The highest BCUT2D eigenvalue weighted by Gasteiger charge is 1.94. The first-order valence-corrected chi connectivity index (χ1v) is 5.97. The number of nitrogens with one attached hydrogen (secondary N) is 1. The quantitative estimate of drug-likeness (QED) is 0.485. The van der Waals surface area contributed by atoms with E-state index in [2.05, 4.69) is 17.9 Å². The highest BCUT2D eigenvalue weighted by molar-refractivity contribution is 7.80. The van der Waals surface area contributed by atoms with Gasteiger partial charge in [0, 0.05) is 10.6 Å². The second-order valence-corrected chi connectivity index (χ2v) is 4.41. The van der Waals surface area contributed by atoms with Crippen LogP contribution in [0.1, 0.15) is 19.3 Å². The molecular weight excluding hydrogens is 228 g/mol. The summed E-state index contributed by atoms with van der Waals surface area (Å²) < 4.78 is 0. The molecule has 0 saturated carbocycles. The summed E-state index contributed by atoms with van der Waals surface area (Å²) >= 11 is 9.72. The number of anilines is 1. The Morgan fingerprint density at radius 2 is 1.87 bits per heavy atom. The summed E-state index contributed by atoms with van der Waals surface area (Å²) in [5.41, 5.74) is 6.07. The molecule has 1 fully saturated rings. The Hall–Kier alpha value is -0.380. The lowest BCUT2D eigenvalue weighted by Gasteiger charge is -2.08. The smallest absolute Gasteiger partial charge is 0.0559 e. The standard InChI is InChI=1S/C6H6ClNS.C5H11N/c7-5-3-4(8)1-2-6(5)9;1-2-4-6-5-3-1/h1-3,9H,8H2;6H,1-5H2. The van der Waals surface area contributed by atoms with E-state index in [1.807, 2.05) is 0 Å². The zero-order chi connectivity index (χ0) is 11.1. The molecule has 4 heteroatoms. The van der Waals surface area contributed by atoms with Crippen LogP contribution in [0.4, 0.5) is 5.69 Å². The van der Waals surface area contributed by atoms with Crippen molar-refractivity contribution in [3.63, 3.8) is 0 Å². The predicted octanol–water partition coefficient (Wildman–Crippen LogP) is 2.97. The number of nitrogen functional groups attached to an aromatic ring is 1. The van der Waals surface area contributed by atoms with Crippen LogP contribution < -0.4 is 11.1 Å². The van der Waals surface area contributed by atoms with Gasteiger partial charge in [0.1, 0.15) is 0 Å². The highest BCUT2D eigenvalue weighted by atomic mass is 35.5. The Kier molecular flexibility index (Phi) is 5.91. The summed E-state index contributed by atoms with van der Waals surface area (Å²) in [5.74, 6) is 0. The molecule has 2 rings (SSSR count). The normalized spacial score (nSPS) is 15.3. The largest absolute Gasteiger partial charge is 0.399 e. The minimum absolute atomic E-state index is 0.596. The van der Waals surface area contributed by atoms with Gasteiger partial charge in [-0.05, 0) is 44.1 Å². The van der Waals surface area contributed by atoms with Crippen LogP contribution in [0, 0.1) is 0 Å². The maximum atomic E-state index is 5.66. The van der Waals surface area contributed by atoms with E-state index in [1.54, 1.807) is 18.2 Å². The number of thiol groups is 1. The van der Waals surface area contributed by atoms with Gasteiger partial charge < -0.3 is 11.1 Å². The van der Waals surface area contributed by atoms with Crippen LogP contribution >= 0.6 is 24.2 Å². The van der Waals surface area contributed by atoms with Gasteiger partial charge >= 0.3 is 0 Å². The van der Waals surface area contributed by atoms with Crippen LogP contribution in [0.15, 0.2) is 23.1 Å². The lowest BCUT2D eigenvalue weighted by molar-refractivity contribution is 0.520. The summed E-state index contributed by atoms with van der Waals surface area (Å²) in [6, 6.07) is 5.19. The first-order valence-electron chi connectivity index (χ1n) is 5.15. The summed E-state index contributed by atoms with van der Waals surface area (Å²) in [4.78, 5) is 0.755. The number of benzene rings is 1. The van der Waals surface area contributed by atoms with E-state index in [9.17, 15) is 0 Å². The van der Waals surface area contributed by atoms with E-state index >= 15 is 0 Å². The fraction of sp³-hybridized carbons (Fsp3) is 0.455. The number of hydrogen-bond acceptors (Lipinski definition) is 3. The van der Waals surface area contributed by atoms with E-state index in [0.29, 0.717) is 10.7 Å². The molecule has 0 aromatic heterocycles. The molecule has 1 aliphatic rings. The molecule has 0 unspecified atom stereocenters. The third-order valence-electron chi connectivity index (χ3n) is 2.18. The molecular formula is C11H17ClN2S. The molecule has 1 heterocycles. The lowest BCUT2D eigenvalue weighted by atomic mass is 10.2. The molecule has 1 aliphatic heterocycles. The van der Waals surface area contributed by atoms with Crippen molar-refractivity contribution >= 4 is 29.9 Å². The number of halogens is 1. The number of nitrogens with two attached hydrogens (primary N) is 1. The fourth-order valence-corrected chi connectivity index (χ4v) is 1.65. The van der Waals surface area contributed by atoms with Gasteiger partial charge in [-0.25, -0.2) is 0 Å². The highest BCUT2D eigenvalue weighted by Crippen LogP contribution is 2.21. The summed E-state index contributed by atoms with van der Waals surface area (Å²) in [7, 11) is 0. The van der Waals surface area contributed by atoms with Crippen LogP contribution in [0.2, 0.25) is 5.02 Å². The van der Waals surface area contributed by atoms with Crippen molar-refractivity contribution in [1.29, 1.82) is 0 Å². The zero-order valence-corrected chi connectivity index (χ0v) is 10.3. The molecule has 84 valence electrons. The number of piperidine rings is 1. The second kappa shape index (κ2) is 6.99. The van der Waals surface area contributed by atoms with Crippen LogP contribution in [0.25, 0.3) is 0 Å². The number of rotatable bonds is 0. The van der Waals surface area contributed by atoms with Crippen LogP contribution in [-0.2, 0) is 0 Å². The summed E-state index contributed by atoms with van der Waals surface area (Å²) in [6.07, 6.45) is 4.22. The molecule has 15 heavy (non-hydrogen) atoms. The van der Waals surface area contributed by atoms with Gasteiger partial charge in [0.15, 0.2) is 0 Å². The molecule has 0 atom stereocenters. The molecule has 1 aromatic carbocycles. The third-order valence-corrected chi connectivity index (χ3v) is 3.01. The van der Waals surface area contributed by atoms with E-state index in [-0.39, 0.29) is 0 Å². The first kappa shape index (κ1) is 12.7. The first-order chi connectivity index (χ1) is 7.20. The van der Waals surface area contributed by atoms with Gasteiger partial charge in [-0.15, -0.1) is 12.6 Å². The SMILES string of the molecule is C1CCNCC1.Nc1ccc(S)c(Cl)c1. The van der Waals surface area contributed by atoms with Gasteiger partial charge in [-0.1, -0.05) is 18.0 Å². The van der Waals surface area contributed by atoms with Crippen molar-refractivity contribution in [2.24, 2.45) is 0 Å². The molecule has 1 saturated heterocycles. The monoisotopic (exact) mass is 244 g/mol. The lowest BCUT2D eigenvalue weighted by Crippen LogP contribution is -2.21. The van der Waals surface area contributed by atoms with Gasteiger partial charge in [-0.3, -0.25) is 0 Å². The molecule has 0 aliphatic carbocycles. The van der Waals surface area contributed by atoms with Gasteiger partial charge in [-0.2, -0.15) is 0 Å². The summed E-state index contributed by atoms with van der Waals surface area (Å²) in [6.45, 7) is 2.50. The minimum Gasteiger partial charge on any atom is -0.399 e. The van der Waals surface area contributed by atoms with Gasteiger partial charge in [0.25, 0.3) is 0 Å². The zero-order valence-electron chi connectivity index (χ0n) is 8.67. The number of hydrogen-bond donors (Lipinski definition) is 3. The Morgan fingerprint density at radius 1 is 1.20 bits per heavy atom. The van der Waals surface area contributed by atoms with Crippen molar-refractivity contribution in [2.45, 2.75) is 24.2 Å². The van der Waals surface area contributed by atoms with Crippen molar-refractivity contribution in [1.82, 2.24) is 5.32 Å². The van der Waals surface area contributed by atoms with Gasteiger partial charge in [0.05, 0.1) is 5.02 Å². The Bertz CT molecular complexity index is 289. The predicted molar refractivity (Wildman–Crippen MR) is 69.8 cm³/mol. The molecule has 2 nitrogen and oxygen atoms in total. The minimum atomic E-state index is 0.596. The molecule has 0 spiro atoms. The molecule has 3 N–H and O–H groups in total. The maximum absolute atomic E-state index is 5.66. The second-order valence-electron chi connectivity index (χ2n) is 3.52. The Labute approximate surface area is 102 Å². The van der Waals surface area contributed by atoms with E-state index in [4.69, 9.17) is 17.3 Å². The molecule has 0 amide bonds. The van der Waals surface area contributed by atoms with Crippen LogP contribution in [0.5, 0.6) is 0 Å². The summed E-state index contributed by atoms with van der Waals surface area (Å²) in [5, 5.41) is 3.88. The van der Waals surface area contributed by atoms with E-state index in [1.165, 1.54) is 32.4 Å². The van der Waals surface area contributed by atoms with Crippen LogP contribution in [-0.4, -0.2) is 13.1 Å². The molecule has 1 aromatic rings. The average Bonchev–Trinajstić information content (AvgIpc) is 2.27. The Balaban J connectivity index is 0.000000162. The fourth-order valence-electron chi connectivity index (χ4n) is 1.32. The van der Waals surface area contributed by atoms with Crippen molar-refractivity contribution in [2.75, 3.05) is 18.8 Å². The van der Waals surface area contributed by atoms with Crippen molar-refractivity contribution < 1.29 is 0 Å². The van der Waals surface area contributed by atoms with Crippen molar-refractivity contribution in [3.05, 3.63) is 23.2 Å². The van der Waals surface area contributed by atoms with E-state index in [0.717, 1.165) is 4.90 Å². The molecule has 0 bridgehead atoms. The van der Waals surface area contributed by atoms with Crippen LogP contribution in [0.3, 0.4) is 0 Å². The third kappa shape index (κ3) is 5.30. The van der Waals surface area contributed by atoms with E-state index < -0.39 is 0 Å². The maximum Gasteiger partial charge on any atom is 0.0559 e. The molecule has 0 radical (unpaired) electrons. The topological polar surface area (TPSA) is 38.0 Å².